The number of rotatable bonds is 5. The second-order valence-electron chi connectivity index (χ2n) is 7.01. The third kappa shape index (κ3) is 5.42. The van der Waals surface area contributed by atoms with Crippen LogP contribution in [-0.2, 0) is 14.9 Å². The Kier molecular flexibility index (Phi) is 5.92. The molecule has 0 radical (unpaired) electrons. The fourth-order valence-corrected chi connectivity index (χ4v) is 2.36. The summed E-state index contributed by atoms with van der Waals surface area (Å²) in [6.45, 7) is 7.95. The summed E-state index contributed by atoms with van der Waals surface area (Å²) in [6.07, 6.45) is 2.17. The summed E-state index contributed by atoms with van der Waals surface area (Å²) in [5, 5.41) is 0. The van der Waals surface area contributed by atoms with E-state index in [9.17, 15) is 9.59 Å². The standard InChI is InChI=1S/C22H24O3/c1-16(25-20(23)15-10-17-8-6-5-7-9-17)21(24)18-11-13-19(14-12-18)22(2,3)4/h5-16H,1-4H3/b15-10+. The number of esters is 1. The van der Waals surface area contributed by atoms with Crippen LogP contribution in [0.4, 0.5) is 0 Å². The molecule has 0 N–H and O–H groups in total. The Morgan fingerprint density at radius 3 is 2.12 bits per heavy atom. The van der Waals surface area contributed by atoms with Crippen molar-refractivity contribution in [1.29, 1.82) is 0 Å². The van der Waals surface area contributed by atoms with Gasteiger partial charge in [-0.25, -0.2) is 4.79 Å². The van der Waals surface area contributed by atoms with Gasteiger partial charge in [-0.3, -0.25) is 4.79 Å². The first-order chi connectivity index (χ1) is 11.8. The molecule has 0 fully saturated rings. The van der Waals surface area contributed by atoms with Crippen molar-refractivity contribution in [3.63, 3.8) is 0 Å². The summed E-state index contributed by atoms with van der Waals surface area (Å²) >= 11 is 0. The normalized spacial score (nSPS) is 12.8. The van der Waals surface area contributed by atoms with Crippen molar-refractivity contribution in [3.8, 4) is 0 Å². The van der Waals surface area contributed by atoms with Crippen LogP contribution in [0.5, 0.6) is 0 Å². The average Bonchev–Trinajstić information content (AvgIpc) is 2.59. The van der Waals surface area contributed by atoms with Gasteiger partial charge in [0.05, 0.1) is 0 Å². The van der Waals surface area contributed by atoms with Gasteiger partial charge in [-0.15, -0.1) is 0 Å². The van der Waals surface area contributed by atoms with E-state index in [1.54, 1.807) is 25.1 Å². The number of carbonyl (C=O) groups is 2. The largest absolute Gasteiger partial charge is 0.451 e. The van der Waals surface area contributed by atoms with Crippen molar-refractivity contribution in [1.82, 2.24) is 0 Å². The lowest BCUT2D eigenvalue weighted by Crippen LogP contribution is -2.23. The number of ketones is 1. The minimum absolute atomic E-state index is 0.0297. The van der Waals surface area contributed by atoms with E-state index in [2.05, 4.69) is 20.8 Å². The fraction of sp³-hybridized carbons (Fsp3) is 0.273. The molecule has 0 amide bonds. The highest BCUT2D eigenvalue weighted by Crippen LogP contribution is 2.22. The van der Waals surface area contributed by atoms with Crippen molar-refractivity contribution in [2.45, 2.75) is 39.2 Å². The van der Waals surface area contributed by atoms with Crippen LogP contribution in [0.15, 0.2) is 60.7 Å². The lowest BCUT2D eigenvalue weighted by molar-refractivity contribution is -0.140. The maximum Gasteiger partial charge on any atom is 0.331 e. The van der Waals surface area contributed by atoms with Gasteiger partial charge in [0.1, 0.15) is 0 Å². The Bertz CT molecular complexity index is 750. The number of carbonyl (C=O) groups excluding carboxylic acids is 2. The zero-order valence-electron chi connectivity index (χ0n) is 15.2. The van der Waals surface area contributed by atoms with Gasteiger partial charge < -0.3 is 4.74 Å². The lowest BCUT2D eigenvalue weighted by atomic mass is 9.86. The maximum atomic E-state index is 12.4. The molecule has 0 aliphatic heterocycles. The third-order valence-electron chi connectivity index (χ3n) is 3.91. The summed E-state index contributed by atoms with van der Waals surface area (Å²) in [5.74, 6) is -0.738. The topological polar surface area (TPSA) is 43.4 Å². The minimum Gasteiger partial charge on any atom is -0.451 e. The number of hydrogen-bond acceptors (Lipinski definition) is 3. The first-order valence-corrected chi connectivity index (χ1v) is 8.36. The molecule has 0 bridgehead atoms. The second-order valence-corrected chi connectivity index (χ2v) is 7.01. The Balaban J connectivity index is 1.98. The SMILES string of the molecule is CC(OC(=O)/C=C/c1ccccc1)C(=O)c1ccc(C(C)(C)C)cc1. The fourth-order valence-electron chi connectivity index (χ4n) is 2.36. The molecular formula is C22H24O3. The van der Waals surface area contributed by atoms with Crippen molar-refractivity contribution in [2.24, 2.45) is 0 Å². The van der Waals surface area contributed by atoms with Crippen molar-refractivity contribution in [3.05, 3.63) is 77.4 Å². The van der Waals surface area contributed by atoms with E-state index >= 15 is 0 Å². The van der Waals surface area contributed by atoms with Crippen molar-refractivity contribution in [2.75, 3.05) is 0 Å². The molecule has 130 valence electrons. The van der Waals surface area contributed by atoms with Gasteiger partial charge >= 0.3 is 5.97 Å². The van der Waals surface area contributed by atoms with Crippen LogP contribution in [0, 0.1) is 0 Å². The summed E-state index contributed by atoms with van der Waals surface area (Å²) in [4.78, 5) is 24.3. The number of benzene rings is 2. The van der Waals surface area contributed by atoms with Crippen LogP contribution >= 0.6 is 0 Å². The maximum absolute atomic E-state index is 12.4. The van der Waals surface area contributed by atoms with Gasteiger partial charge in [-0.05, 0) is 29.5 Å². The van der Waals surface area contributed by atoms with E-state index in [1.807, 2.05) is 42.5 Å². The van der Waals surface area contributed by atoms with E-state index in [0.717, 1.165) is 11.1 Å². The monoisotopic (exact) mass is 336 g/mol. The number of hydrogen-bond donors (Lipinski definition) is 0. The third-order valence-corrected chi connectivity index (χ3v) is 3.91. The quantitative estimate of drug-likeness (QED) is 0.447. The molecule has 0 heterocycles. The number of ether oxygens (including phenoxy) is 1. The molecular weight excluding hydrogens is 312 g/mol. The average molecular weight is 336 g/mol. The lowest BCUT2D eigenvalue weighted by Gasteiger charge is -2.19. The molecule has 25 heavy (non-hydrogen) atoms. The van der Waals surface area contributed by atoms with E-state index < -0.39 is 12.1 Å². The van der Waals surface area contributed by atoms with Crippen LogP contribution < -0.4 is 0 Å². The molecule has 0 saturated carbocycles. The first-order valence-electron chi connectivity index (χ1n) is 8.36. The predicted octanol–water partition coefficient (Wildman–Crippen LogP) is 4.81. The Hall–Kier alpha value is -2.68. The molecule has 0 saturated heterocycles. The highest BCUT2D eigenvalue weighted by molar-refractivity contribution is 6.01. The van der Waals surface area contributed by atoms with E-state index in [1.165, 1.54) is 6.08 Å². The van der Waals surface area contributed by atoms with Crippen molar-refractivity contribution >= 4 is 17.8 Å². The van der Waals surface area contributed by atoms with Gasteiger partial charge in [0.25, 0.3) is 0 Å². The zero-order valence-corrected chi connectivity index (χ0v) is 15.2. The molecule has 0 aliphatic carbocycles. The summed E-state index contributed by atoms with van der Waals surface area (Å²) in [5.41, 5.74) is 2.62. The Morgan fingerprint density at radius 1 is 0.960 bits per heavy atom. The van der Waals surface area contributed by atoms with E-state index in [-0.39, 0.29) is 11.2 Å². The van der Waals surface area contributed by atoms with Gasteiger partial charge in [0.2, 0.25) is 5.78 Å². The van der Waals surface area contributed by atoms with Gasteiger partial charge in [0.15, 0.2) is 6.10 Å². The highest BCUT2D eigenvalue weighted by atomic mass is 16.5. The van der Waals surface area contributed by atoms with Crippen LogP contribution in [0.25, 0.3) is 6.08 Å². The van der Waals surface area contributed by atoms with Crippen LogP contribution in [0.3, 0.4) is 0 Å². The Labute approximate surface area is 149 Å². The predicted molar refractivity (Wildman–Crippen MR) is 101 cm³/mol. The van der Waals surface area contributed by atoms with Gasteiger partial charge in [-0.1, -0.05) is 75.4 Å². The second kappa shape index (κ2) is 7.93. The van der Waals surface area contributed by atoms with E-state index in [0.29, 0.717) is 5.56 Å². The van der Waals surface area contributed by atoms with Crippen molar-refractivity contribution < 1.29 is 14.3 Å². The summed E-state index contributed by atoms with van der Waals surface area (Å²) < 4.78 is 5.21. The van der Waals surface area contributed by atoms with E-state index in [4.69, 9.17) is 4.74 Å². The summed E-state index contributed by atoms with van der Waals surface area (Å²) in [7, 11) is 0. The van der Waals surface area contributed by atoms with Gasteiger partial charge in [0, 0.05) is 11.6 Å². The number of Topliss-reactive ketones (excluding diaryl/α,β-unsaturated/α-hetero) is 1. The highest BCUT2D eigenvalue weighted by Gasteiger charge is 2.20. The van der Waals surface area contributed by atoms with Crippen LogP contribution in [0.1, 0.15) is 49.2 Å². The molecule has 2 rings (SSSR count). The first kappa shape index (κ1) is 18.7. The molecule has 0 aliphatic rings. The molecule has 0 spiro atoms. The molecule has 3 heteroatoms. The molecule has 0 aromatic heterocycles. The summed E-state index contributed by atoms with van der Waals surface area (Å²) in [6, 6.07) is 16.9. The molecule has 1 unspecified atom stereocenters. The van der Waals surface area contributed by atoms with Crippen LogP contribution in [0.2, 0.25) is 0 Å². The molecule has 2 aromatic carbocycles. The molecule has 1 atom stereocenters. The minimum atomic E-state index is -0.826. The van der Waals surface area contributed by atoms with Crippen LogP contribution in [-0.4, -0.2) is 17.9 Å². The Morgan fingerprint density at radius 2 is 1.56 bits per heavy atom. The molecule has 3 nitrogen and oxygen atoms in total. The van der Waals surface area contributed by atoms with Gasteiger partial charge in [-0.2, -0.15) is 0 Å². The zero-order chi connectivity index (χ0) is 18.4. The smallest absolute Gasteiger partial charge is 0.331 e. The molecule has 2 aromatic rings.